The van der Waals surface area contributed by atoms with E-state index in [0.29, 0.717) is 19.5 Å². The fourth-order valence-electron chi connectivity index (χ4n) is 2.11. The Morgan fingerprint density at radius 1 is 1.18 bits per heavy atom. The molecule has 5 nitrogen and oxygen atoms in total. The van der Waals surface area contributed by atoms with E-state index in [-0.39, 0.29) is 5.75 Å². The van der Waals surface area contributed by atoms with Gasteiger partial charge in [-0.25, -0.2) is 8.42 Å². The van der Waals surface area contributed by atoms with Crippen LogP contribution in [0.5, 0.6) is 0 Å². The van der Waals surface area contributed by atoms with E-state index in [1.807, 2.05) is 7.05 Å². The molecule has 0 spiro atoms. The van der Waals surface area contributed by atoms with Gasteiger partial charge in [0.1, 0.15) is 0 Å². The molecule has 1 saturated heterocycles. The van der Waals surface area contributed by atoms with Gasteiger partial charge in [0.25, 0.3) is 0 Å². The molecule has 0 aromatic heterocycles. The molecule has 0 atom stereocenters. The summed E-state index contributed by atoms with van der Waals surface area (Å²) in [5.41, 5.74) is 0. The highest BCUT2D eigenvalue weighted by atomic mass is 32.2. The van der Waals surface area contributed by atoms with Crippen molar-refractivity contribution >= 4 is 10.0 Å². The lowest BCUT2D eigenvalue weighted by molar-refractivity contribution is 0.188. The third kappa shape index (κ3) is 4.91. The molecule has 0 aromatic carbocycles. The third-order valence-electron chi connectivity index (χ3n) is 3.09. The van der Waals surface area contributed by atoms with Gasteiger partial charge in [-0.05, 0) is 33.0 Å². The SMILES string of the molecule is CCCN1CCN(S(=O)(=O)CCCNC)CC1. The molecule has 1 fully saturated rings. The average Bonchev–Trinajstić information content (AvgIpc) is 2.30. The van der Waals surface area contributed by atoms with Crippen LogP contribution in [0.15, 0.2) is 0 Å². The van der Waals surface area contributed by atoms with E-state index in [2.05, 4.69) is 17.1 Å². The van der Waals surface area contributed by atoms with Crippen LogP contribution in [0.2, 0.25) is 0 Å². The molecule has 0 radical (unpaired) electrons. The van der Waals surface area contributed by atoms with Gasteiger partial charge < -0.3 is 10.2 Å². The molecule has 0 aromatic rings. The summed E-state index contributed by atoms with van der Waals surface area (Å²) in [4.78, 5) is 2.33. The quantitative estimate of drug-likeness (QED) is 0.655. The number of piperazine rings is 1. The summed E-state index contributed by atoms with van der Waals surface area (Å²) in [6.45, 7) is 7.05. The van der Waals surface area contributed by atoms with Gasteiger partial charge in [-0.3, -0.25) is 0 Å². The molecule has 0 unspecified atom stereocenters. The van der Waals surface area contributed by atoms with Gasteiger partial charge in [-0.1, -0.05) is 6.92 Å². The first-order valence-corrected chi connectivity index (χ1v) is 8.06. The van der Waals surface area contributed by atoms with Crippen molar-refractivity contribution in [3.8, 4) is 0 Å². The van der Waals surface area contributed by atoms with Gasteiger partial charge in [0, 0.05) is 26.2 Å². The minimum atomic E-state index is -3.03. The molecular formula is C11H25N3O2S. The number of hydrogen-bond donors (Lipinski definition) is 1. The Kier molecular flexibility index (Phi) is 6.40. The van der Waals surface area contributed by atoms with Crippen LogP contribution in [0.4, 0.5) is 0 Å². The highest BCUT2D eigenvalue weighted by Crippen LogP contribution is 2.09. The van der Waals surface area contributed by atoms with Gasteiger partial charge in [-0.2, -0.15) is 4.31 Å². The van der Waals surface area contributed by atoms with E-state index in [1.165, 1.54) is 0 Å². The minimum absolute atomic E-state index is 0.265. The van der Waals surface area contributed by atoms with Gasteiger partial charge >= 0.3 is 0 Å². The van der Waals surface area contributed by atoms with Crippen LogP contribution >= 0.6 is 0 Å². The standard InChI is InChI=1S/C11H25N3O2S/c1-3-6-13-7-9-14(10-8-13)17(15,16)11-4-5-12-2/h12H,3-11H2,1-2H3. The van der Waals surface area contributed by atoms with E-state index in [0.717, 1.165) is 32.6 Å². The zero-order valence-corrected chi connectivity index (χ0v) is 11.8. The van der Waals surface area contributed by atoms with Crippen molar-refractivity contribution in [2.24, 2.45) is 0 Å². The number of sulfonamides is 1. The first-order chi connectivity index (χ1) is 8.10. The van der Waals surface area contributed by atoms with Crippen molar-refractivity contribution in [3.63, 3.8) is 0 Å². The Labute approximate surface area is 105 Å². The predicted octanol–water partition coefficient (Wildman–Crippen LogP) is -0.0467. The molecule has 1 N–H and O–H groups in total. The van der Waals surface area contributed by atoms with Gasteiger partial charge in [-0.15, -0.1) is 0 Å². The summed E-state index contributed by atoms with van der Waals surface area (Å²) in [5, 5.41) is 2.98. The third-order valence-corrected chi connectivity index (χ3v) is 5.05. The van der Waals surface area contributed by atoms with Crippen molar-refractivity contribution in [2.45, 2.75) is 19.8 Å². The van der Waals surface area contributed by atoms with Crippen LogP contribution in [-0.4, -0.2) is 69.7 Å². The number of rotatable bonds is 7. The highest BCUT2D eigenvalue weighted by molar-refractivity contribution is 7.89. The van der Waals surface area contributed by atoms with Crippen LogP contribution in [-0.2, 0) is 10.0 Å². The maximum Gasteiger partial charge on any atom is 0.214 e. The second-order valence-electron chi connectivity index (χ2n) is 4.51. The Balaban J connectivity index is 2.36. The zero-order chi connectivity index (χ0) is 12.7. The molecule has 1 aliphatic heterocycles. The van der Waals surface area contributed by atoms with E-state index < -0.39 is 10.0 Å². The normalized spacial score (nSPS) is 19.6. The van der Waals surface area contributed by atoms with Crippen LogP contribution < -0.4 is 5.32 Å². The maximum atomic E-state index is 12.0. The molecule has 1 rings (SSSR count). The summed E-state index contributed by atoms with van der Waals surface area (Å²) in [6, 6.07) is 0. The Hall–Kier alpha value is -0.170. The first kappa shape index (κ1) is 14.9. The summed E-state index contributed by atoms with van der Waals surface area (Å²) in [6.07, 6.45) is 1.82. The van der Waals surface area contributed by atoms with Crippen molar-refractivity contribution in [2.75, 3.05) is 52.1 Å². The molecule has 0 aliphatic carbocycles. The molecule has 1 heterocycles. The van der Waals surface area contributed by atoms with Gasteiger partial charge in [0.05, 0.1) is 5.75 Å². The van der Waals surface area contributed by atoms with E-state index in [9.17, 15) is 8.42 Å². The number of nitrogens with zero attached hydrogens (tertiary/aromatic N) is 2. The van der Waals surface area contributed by atoms with Crippen molar-refractivity contribution in [1.82, 2.24) is 14.5 Å². The minimum Gasteiger partial charge on any atom is -0.320 e. The second kappa shape index (κ2) is 7.31. The van der Waals surface area contributed by atoms with Crippen LogP contribution in [0.25, 0.3) is 0 Å². The van der Waals surface area contributed by atoms with Gasteiger partial charge in [0.15, 0.2) is 0 Å². The molecule has 0 bridgehead atoms. The fourth-order valence-corrected chi connectivity index (χ4v) is 3.59. The topological polar surface area (TPSA) is 52.7 Å². The van der Waals surface area contributed by atoms with E-state index >= 15 is 0 Å². The smallest absolute Gasteiger partial charge is 0.214 e. The van der Waals surface area contributed by atoms with Crippen LogP contribution in [0, 0.1) is 0 Å². The molecule has 6 heteroatoms. The van der Waals surface area contributed by atoms with Crippen molar-refractivity contribution in [3.05, 3.63) is 0 Å². The summed E-state index contributed by atoms with van der Waals surface area (Å²) >= 11 is 0. The Bertz CT molecular complexity index is 298. The molecule has 0 amide bonds. The molecular weight excluding hydrogens is 238 g/mol. The van der Waals surface area contributed by atoms with Crippen LogP contribution in [0.3, 0.4) is 0 Å². The van der Waals surface area contributed by atoms with E-state index in [4.69, 9.17) is 0 Å². The van der Waals surface area contributed by atoms with Crippen molar-refractivity contribution in [1.29, 1.82) is 0 Å². The van der Waals surface area contributed by atoms with E-state index in [1.54, 1.807) is 4.31 Å². The molecule has 1 aliphatic rings. The summed E-state index contributed by atoms with van der Waals surface area (Å²) < 4.78 is 25.7. The predicted molar refractivity (Wildman–Crippen MR) is 70.6 cm³/mol. The van der Waals surface area contributed by atoms with Crippen molar-refractivity contribution < 1.29 is 8.42 Å². The zero-order valence-electron chi connectivity index (χ0n) is 11.0. The highest BCUT2D eigenvalue weighted by Gasteiger charge is 2.25. The van der Waals surface area contributed by atoms with Crippen LogP contribution in [0.1, 0.15) is 19.8 Å². The Morgan fingerprint density at radius 2 is 1.82 bits per heavy atom. The second-order valence-corrected chi connectivity index (χ2v) is 6.60. The fraction of sp³-hybridized carbons (Fsp3) is 1.00. The first-order valence-electron chi connectivity index (χ1n) is 6.45. The number of hydrogen-bond acceptors (Lipinski definition) is 4. The number of nitrogens with one attached hydrogen (secondary N) is 1. The largest absolute Gasteiger partial charge is 0.320 e. The monoisotopic (exact) mass is 263 g/mol. The lowest BCUT2D eigenvalue weighted by Crippen LogP contribution is -2.49. The lowest BCUT2D eigenvalue weighted by Gasteiger charge is -2.33. The summed E-state index contributed by atoms with van der Waals surface area (Å²) in [5.74, 6) is 0.265. The molecule has 0 saturated carbocycles. The lowest BCUT2D eigenvalue weighted by atomic mass is 10.3. The Morgan fingerprint density at radius 3 is 2.35 bits per heavy atom. The summed E-state index contributed by atoms with van der Waals surface area (Å²) in [7, 11) is -1.18. The maximum absolute atomic E-state index is 12.0. The molecule has 102 valence electrons. The molecule has 17 heavy (non-hydrogen) atoms. The van der Waals surface area contributed by atoms with Gasteiger partial charge in [0.2, 0.25) is 10.0 Å². The average molecular weight is 263 g/mol.